The number of hydrogen-bond donors (Lipinski definition) is 2. The van der Waals surface area contributed by atoms with Crippen molar-refractivity contribution in [1.29, 1.82) is 0 Å². The van der Waals surface area contributed by atoms with Crippen LogP contribution in [0.2, 0.25) is 0 Å². The first-order valence-electron chi connectivity index (χ1n) is 10.0. The number of piperidine rings is 1. The van der Waals surface area contributed by atoms with Crippen LogP contribution in [0.1, 0.15) is 29.0 Å². The normalized spacial score (nSPS) is 17.8. The zero-order valence-electron chi connectivity index (χ0n) is 17.5. The number of alkyl halides is 3. The first kappa shape index (κ1) is 21.7. The number of methoxy groups -OCH3 is 1. The number of carbonyl (C=O) groups excluding carboxylic acids is 1. The van der Waals surface area contributed by atoms with Crippen molar-refractivity contribution in [3.8, 4) is 11.5 Å². The first-order valence-corrected chi connectivity index (χ1v) is 10.0. The van der Waals surface area contributed by atoms with Gasteiger partial charge >= 0.3 is 6.18 Å². The van der Waals surface area contributed by atoms with E-state index in [1.807, 2.05) is 6.08 Å². The molecular weight excluding hydrogens is 423 g/mol. The van der Waals surface area contributed by atoms with Crippen molar-refractivity contribution < 1.29 is 27.4 Å². The van der Waals surface area contributed by atoms with Crippen LogP contribution in [0.4, 0.5) is 18.9 Å². The lowest BCUT2D eigenvalue weighted by molar-refractivity contribution is -0.138. The molecule has 0 radical (unpaired) electrons. The van der Waals surface area contributed by atoms with Crippen molar-refractivity contribution in [2.24, 2.45) is 4.99 Å². The first-order chi connectivity index (χ1) is 15.3. The summed E-state index contributed by atoms with van der Waals surface area (Å²) in [6.07, 6.45) is -2.25. The fourth-order valence-corrected chi connectivity index (χ4v) is 3.92. The van der Waals surface area contributed by atoms with Gasteiger partial charge in [-0.2, -0.15) is 13.2 Å². The lowest BCUT2D eigenvalue weighted by atomic mass is 9.85. The van der Waals surface area contributed by atoms with E-state index in [1.165, 1.54) is 13.2 Å². The van der Waals surface area contributed by atoms with Crippen LogP contribution in [0, 0.1) is 0 Å². The molecule has 2 aromatic rings. The number of nitrogens with zero attached hydrogens (tertiary/aromatic N) is 1. The van der Waals surface area contributed by atoms with Crippen molar-refractivity contribution in [3.05, 3.63) is 64.7 Å². The molecule has 1 saturated heterocycles. The lowest BCUT2D eigenvalue weighted by Gasteiger charge is -2.26. The highest BCUT2D eigenvalue weighted by Gasteiger charge is 2.34. The number of amides is 1. The maximum Gasteiger partial charge on any atom is 0.416 e. The van der Waals surface area contributed by atoms with Gasteiger partial charge in [0.05, 0.1) is 19.2 Å². The summed E-state index contributed by atoms with van der Waals surface area (Å²) in [5.74, 6) is 1.01. The van der Waals surface area contributed by atoms with E-state index in [0.29, 0.717) is 29.6 Å². The standard InChI is InChI=1S/C23H22F3N3O3/c1-27-15-5-3-14(18(10-15)23(24,25)26)12-32-19-6-4-13(9-20(19)31-2)17-11-21(30)29-22-16(17)7-8-28-22/h3-7,9-10,17,27H,8,11-12H2,1-2H3,(H,28,29,30). The average Bonchev–Trinajstić information content (AvgIpc) is 3.24. The molecule has 2 aromatic carbocycles. The molecule has 9 heteroatoms. The van der Waals surface area contributed by atoms with Crippen LogP contribution in [-0.2, 0) is 17.6 Å². The Kier molecular flexibility index (Phi) is 5.82. The second kappa shape index (κ2) is 8.57. The van der Waals surface area contributed by atoms with E-state index in [-0.39, 0.29) is 30.4 Å². The highest BCUT2D eigenvalue weighted by Crippen LogP contribution is 2.39. The minimum Gasteiger partial charge on any atom is -0.493 e. The molecule has 2 N–H and O–H groups in total. The van der Waals surface area contributed by atoms with Crippen LogP contribution in [0.5, 0.6) is 11.5 Å². The zero-order valence-corrected chi connectivity index (χ0v) is 17.5. The molecule has 0 aromatic heterocycles. The molecular formula is C23H22F3N3O3. The minimum atomic E-state index is -4.50. The van der Waals surface area contributed by atoms with E-state index >= 15 is 0 Å². The predicted molar refractivity (Wildman–Crippen MR) is 114 cm³/mol. The molecule has 1 fully saturated rings. The zero-order chi connectivity index (χ0) is 22.9. The third-order valence-corrected chi connectivity index (χ3v) is 5.53. The molecule has 1 amide bonds. The van der Waals surface area contributed by atoms with Crippen molar-refractivity contribution in [1.82, 2.24) is 5.32 Å². The number of halogens is 3. The predicted octanol–water partition coefficient (Wildman–Crippen LogP) is 4.28. The quantitative estimate of drug-likeness (QED) is 0.697. The number of fused-ring (bicyclic) bond motifs is 1. The summed E-state index contributed by atoms with van der Waals surface area (Å²) in [5.41, 5.74) is 1.43. The number of benzene rings is 2. The largest absolute Gasteiger partial charge is 0.493 e. The molecule has 6 nitrogen and oxygen atoms in total. The van der Waals surface area contributed by atoms with Crippen LogP contribution in [0.15, 0.2) is 53.0 Å². The summed E-state index contributed by atoms with van der Waals surface area (Å²) in [4.78, 5) is 16.3. The summed E-state index contributed by atoms with van der Waals surface area (Å²) in [6, 6.07) is 9.22. The van der Waals surface area contributed by atoms with Crippen molar-refractivity contribution in [2.75, 3.05) is 26.0 Å². The molecule has 2 aliphatic rings. The van der Waals surface area contributed by atoms with E-state index in [0.717, 1.165) is 17.2 Å². The van der Waals surface area contributed by atoms with Gasteiger partial charge in [0.1, 0.15) is 12.4 Å². The Morgan fingerprint density at radius 3 is 2.72 bits per heavy atom. The fourth-order valence-electron chi connectivity index (χ4n) is 3.92. The Hall–Kier alpha value is -3.49. The monoisotopic (exact) mass is 445 g/mol. The second-order valence-corrected chi connectivity index (χ2v) is 7.47. The molecule has 2 heterocycles. The molecule has 0 spiro atoms. The molecule has 2 aliphatic heterocycles. The SMILES string of the molecule is CNc1ccc(COc2ccc(C3CC(=O)NC4=NCC=C43)cc2OC)c(C(F)(F)F)c1. The summed E-state index contributed by atoms with van der Waals surface area (Å²) in [5, 5.41) is 5.49. The Morgan fingerprint density at radius 1 is 1.19 bits per heavy atom. The minimum absolute atomic E-state index is 0.0172. The van der Waals surface area contributed by atoms with Crippen molar-refractivity contribution in [2.45, 2.75) is 25.1 Å². The highest BCUT2D eigenvalue weighted by atomic mass is 19.4. The number of nitrogens with one attached hydrogen (secondary N) is 2. The summed E-state index contributed by atoms with van der Waals surface area (Å²) < 4.78 is 51.6. The number of aliphatic imine (C=N–C) groups is 1. The molecule has 1 atom stereocenters. The number of carbonyl (C=O) groups is 1. The maximum atomic E-state index is 13.5. The van der Waals surface area contributed by atoms with Gasteiger partial charge in [0.15, 0.2) is 11.5 Å². The van der Waals surface area contributed by atoms with Crippen LogP contribution < -0.4 is 20.1 Å². The molecule has 1 unspecified atom stereocenters. The molecule has 0 bridgehead atoms. The van der Waals surface area contributed by atoms with Gasteiger partial charge < -0.3 is 20.1 Å². The Balaban J connectivity index is 1.58. The molecule has 32 heavy (non-hydrogen) atoms. The molecule has 0 aliphatic carbocycles. The van der Waals surface area contributed by atoms with E-state index in [1.54, 1.807) is 31.3 Å². The van der Waals surface area contributed by atoms with Gasteiger partial charge in [-0.25, -0.2) is 0 Å². The van der Waals surface area contributed by atoms with Gasteiger partial charge in [-0.15, -0.1) is 0 Å². The van der Waals surface area contributed by atoms with Gasteiger partial charge in [0.2, 0.25) is 5.91 Å². The van der Waals surface area contributed by atoms with Gasteiger partial charge in [0, 0.05) is 36.2 Å². The van der Waals surface area contributed by atoms with E-state index in [9.17, 15) is 18.0 Å². The van der Waals surface area contributed by atoms with Gasteiger partial charge in [-0.05, 0) is 29.8 Å². The number of hydrogen-bond acceptors (Lipinski definition) is 5. The smallest absolute Gasteiger partial charge is 0.416 e. The summed E-state index contributed by atoms with van der Waals surface area (Å²) >= 11 is 0. The molecule has 168 valence electrons. The van der Waals surface area contributed by atoms with E-state index in [2.05, 4.69) is 15.6 Å². The Labute approximate surface area is 183 Å². The van der Waals surface area contributed by atoms with Gasteiger partial charge in [0.25, 0.3) is 0 Å². The van der Waals surface area contributed by atoms with Gasteiger partial charge in [-0.3, -0.25) is 9.79 Å². The van der Waals surface area contributed by atoms with Crippen LogP contribution in [-0.4, -0.2) is 32.4 Å². The Morgan fingerprint density at radius 2 is 2.00 bits per heavy atom. The summed E-state index contributed by atoms with van der Waals surface area (Å²) in [7, 11) is 3.02. The van der Waals surface area contributed by atoms with Crippen molar-refractivity contribution >= 4 is 17.4 Å². The highest BCUT2D eigenvalue weighted by molar-refractivity contribution is 6.12. The van der Waals surface area contributed by atoms with Crippen molar-refractivity contribution in [3.63, 3.8) is 0 Å². The van der Waals surface area contributed by atoms with Crippen LogP contribution in [0.3, 0.4) is 0 Å². The number of anilines is 1. The average molecular weight is 445 g/mol. The fraction of sp³-hybridized carbons (Fsp3) is 0.304. The van der Waals surface area contributed by atoms with E-state index < -0.39 is 11.7 Å². The second-order valence-electron chi connectivity index (χ2n) is 7.47. The third kappa shape index (κ3) is 4.28. The summed E-state index contributed by atoms with van der Waals surface area (Å²) in [6.45, 7) is 0.246. The van der Waals surface area contributed by atoms with Crippen LogP contribution in [0.25, 0.3) is 0 Å². The Bertz CT molecular complexity index is 1110. The number of rotatable bonds is 6. The topological polar surface area (TPSA) is 72.0 Å². The molecule has 4 rings (SSSR count). The van der Waals surface area contributed by atoms with E-state index in [4.69, 9.17) is 9.47 Å². The third-order valence-electron chi connectivity index (χ3n) is 5.53. The maximum absolute atomic E-state index is 13.5. The van der Waals surface area contributed by atoms with Gasteiger partial charge in [-0.1, -0.05) is 18.2 Å². The number of ether oxygens (including phenoxy) is 2. The molecule has 0 saturated carbocycles. The number of amidine groups is 1. The van der Waals surface area contributed by atoms with Crippen LogP contribution >= 0.6 is 0 Å². The lowest BCUT2D eigenvalue weighted by Crippen LogP contribution is -2.38.